The summed E-state index contributed by atoms with van der Waals surface area (Å²) in [6.45, 7) is 0.178. The number of methoxy groups -OCH3 is 2. The van der Waals surface area contributed by atoms with E-state index in [0.717, 1.165) is 23.1 Å². The smallest absolute Gasteiger partial charge is 0.397 e. The summed E-state index contributed by atoms with van der Waals surface area (Å²) in [7, 11) is -0.985. The lowest BCUT2D eigenvalue weighted by molar-refractivity contribution is -0.220. The van der Waals surface area contributed by atoms with Crippen LogP contribution in [0.5, 0.6) is 11.5 Å². The van der Waals surface area contributed by atoms with Crippen molar-refractivity contribution in [2.75, 3.05) is 56.7 Å². The van der Waals surface area contributed by atoms with E-state index in [1.807, 2.05) is 0 Å². The number of halogens is 7. The monoisotopic (exact) mass is 680 g/mol. The van der Waals surface area contributed by atoms with Gasteiger partial charge in [0.2, 0.25) is 5.95 Å². The zero-order valence-electron chi connectivity index (χ0n) is 24.8. The molecule has 1 unspecified atom stereocenters. The summed E-state index contributed by atoms with van der Waals surface area (Å²) in [5.41, 5.74) is -2.44. The van der Waals surface area contributed by atoms with Crippen molar-refractivity contribution in [3.8, 4) is 11.5 Å². The molecule has 0 aliphatic carbocycles. The fourth-order valence-electron chi connectivity index (χ4n) is 5.26. The van der Waals surface area contributed by atoms with Gasteiger partial charge < -0.3 is 19.3 Å². The average molecular weight is 681 g/mol. The fraction of sp³-hybridized carbons (Fsp3) is 0.414. The van der Waals surface area contributed by atoms with E-state index in [1.54, 1.807) is 6.92 Å². The van der Waals surface area contributed by atoms with Gasteiger partial charge in [-0.15, -0.1) is 0 Å². The molecule has 16 heteroatoms. The first kappa shape index (κ1) is 34.4. The lowest BCUT2D eigenvalue weighted by Crippen LogP contribution is -2.48. The Hall–Kier alpha value is -3.43. The second-order valence-electron chi connectivity index (χ2n) is 10.6. The number of rotatable bonds is 11. The molecule has 1 aliphatic rings. The normalized spacial score (nSPS) is 17.2. The molecule has 0 spiro atoms. The molecule has 3 aromatic rings. The standard InChI is InChI=1S/C29H31ClF6N4O4S/c1-5-38(2)16-28(29(34,35)36)11-12-39(17-28)21-14-20(31)27(26(33)25(21)30)45(41,42)40(24-8-6-7-23(32)37-24)15-18-9-10-19(43-3)13-22(18)44-4/h6-10,13-14H,5,11-12,15-17H2,1-4H3. The summed E-state index contributed by atoms with van der Waals surface area (Å²) in [5, 5.41) is -0.883. The van der Waals surface area contributed by atoms with Crippen molar-refractivity contribution in [3.63, 3.8) is 0 Å². The molecule has 0 N–H and O–H groups in total. The zero-order valence-corrected chi connectivity index (χ0v) is 26.3. The van der Waals surface area contributed by atoms with E-state index in [4.69, 9.17) is 21.1 Å². The number of aromatic nitrogens is 1. The highest BCUT2D eigenvalue weighted by molar-refractivity contribution is 7.92. The Morgan fingerprint density at radius 2 is 1.80 bits per heavy atom. The van der Waals surface area contributed by atoms with Gasteiger partial charge in [0.1, 0.15) is 28.2 Å². The van der Waals surface area contributed by atoms with Gasteiger partial charge in [-0.25, -0.2) is 26.5 Å². The maximum absolute atomic E-state index is 15.9. The predicted octanol–water partition coefficient (Wildman–Crippen LogP) is 6.28. The first-order valence-corrected chi connectivity index (χ1v) is 15.4. The zero-order chi connectivity index (χ0) is 33.3. The third-order valence-corrected chi connectivity index (χ3v) is 9.96. The van der Waals surface area contributed by atoms with E-state index in [0.29, 0.717) is 22.7 Å². The Kier molecular flexibility index (Phi) is 10.0. The highest BCUT2D eigenvalue weighted by atomic mass is 35.5. The molecule has 1 fully saturated rings. The van der Waals surface area contributed by atoms with Crippen molar-refractivity contribution in [2.24, 2.45) is 5.41 Å². The number of ether oxygens (including phenoxy) is 2. The number of anilines is 2. The molecule has 4 rings (SSSR count). The number of sulfonamides is 1. The van der Waals surface area contributed by atoms with Crippen LogP contribution < -0.4 is 18.7 Å². The number of hydrogen-bond acceptors (Lipinski definition) is 7. The van der Waals surface area contributed by atoms with Gasteiger partial charge in [0.25, 0.3) is 10.0 Å². The SMILES string of the molecule is CCN(C)CC1(C(F)(F)F)CCN(c2cc(F)c(S(=O)(=O)N(Cc3ccc(OC)cc3OC)c3cccc(F)n3)c(F)c2Cl)C1. The first-order chi connectivity index (χ1) is 21.1. The van der Waals surface area contributed by atoms with Crippen LogP contribution in [0.1, 0.15) is 18.9 Å². The molecule has 1 aliphatic heterocycles. The number of pyridine rings is 1. The molecular weight excluding hydrogens is 650 g/mol. The molecule has 0 bridgehead atoms. The Labute approximate surface area is 262 Å². The van der Waals surface area contributed by atoms with Crippen molar-refractivity contribution >= 4 is 33.1 Å². The first-order valence-electron chi connectivity index (χ1n) is 13.6. The summed E-state index contributed by atoms with van der Waals surface area (Å²) in [4.78, 5) is 4.70. The summed E-state index contributed by atoms with van der Waals surface area (Å²) >= 11 is 6.25. The van der Waals surface area contributed by atoms with Gasteiger partial charge in [0, 0.05) is 37.3 Å². The topological polar surface area (TPSA) is 75.2 Å². The van der Waals surface area contributed by atoms with Crippen LogP contribution >= 0.6 is 11.6 Å². The van der Waals surface area contributed by atoms with E-state index >= 15 is 8.78 Å². The molecule has 8 nitrogen and oxygen atoms in total. The van der Waals surface area contributed by atoms with Crippen LogP contribution in [0, 0.1) is 23.0 Å². The van der Waals surface area contributed by atoms with Crippen molar-refractivity contribution < 1.29 is 44.2 Å². The molecule has 2 heterocycles. The summed E-state index contributed by atoms with van der Waals surface area (Å²) in [6.07, 6.45) is -5.01. The Balaban J connectivity index is 1.80. The van der Waals surface area contributed by atoms with Crippen molar-refractivity contribution in [1.82, 2.24) is 9.88 Å². The van der Waals surface area contributed by atoms with Crippen LogP contribution in [-0.2, 0) is 16.6 Å². The lowest BCUT2D eigenvalue weighted by atomic mass is 9.85. The molecule has 1 atom stereocenters. The average Bonchev–Trinajstić information content (AvgIpc) is 3.42. The minimum atomic E-state index is -5.22. The molecule has 0 radical (unpaired) electrons. The molecule has 1 aromatic heterocycles. The second-order valence-corrected chi connectivity index (χ2v) is 12.8. The summed E-state index contributed by atoms with van der Waals surface area (Å²) in [5.74, 6) is -4.39. The molecular formula is C29H31ClF6N4O4S. The van der Waals surface area contributed by atoms with E-state index in [1.165, 1.54) is 44.4 Å². The third-order valence-electron chi connectivity index (χ3n) is 7.82. The quantitative estimate of drug-likeness (QED) is 0.134. The number of nitrogens with zero attached hydrogens (tertiary/aromatic N) is 4. The molecule has 0 amide bonds. The molecule has 0 saturated carbocycles. The van der Waals surface area contributed by atoms with Crippen molar-refractivity contribution in [1.29, 1.82) is 0 Å². The summed E-state index contributed by atoms with van der Waals surface area (Å²) in [6, 6.07) is 8.20. The van der Waals surface area contributed by atoms with Gasteiger partial charge >= 0.3 is 6.18 Å². The van der Waals surface area contributed by atoms with Crippen LogP contribution in [-0.4, -0.2) is 71.9 Å². The van der Waals surface area contributed by atoms with Crippen molar-refractivity contribution in [3.05, 3.63) is 70.6 Å². The molecule has 1 saturated heterocycles. The fourth-order valence-corrected chi connectivity index (χ4v) is 7.10. The van der Waals surface area contributed by atoms with E-state index in [9.17, 15) is 26.0 Å². The van der Waals surface area contributed by atoms with E-state index in [-0.39, 0.29) is 30.8 Å². The molecule has 2 aromatic carbocycles. The minimum absolute atomic E-state index is 0.149. The predicted molar refractivity (Wildman–Crippen MR) is 157 cm³/mol. The Morgan fingerprint density at radius 1 is 1.09 bits per heavy atom. The second kappa shape index (κ2) is 13.1. The van der Waals surface area contributed by atoms with Crippen LogP contribution in [0.3, 0.4) is 0 Å². The third kappa shape index (κ3) is 6.75. The van der Waals surface area contributed by atoms with Gasteiger partial charge in [-0.3, -0.25) is 0 Å². The number of benzene rings is 2. The minimum Gasteiger partial charge on any atom is -0.497 e. The highest BCUT2D eigenvalue weighted by Gasteiger charge is 2.58. The van der Waals surface area contributed by atoms with Gasteiger partial charge in [-0.05, 0) is 44.3 Å². The molecule has 45 heavy (non-hydrogen) atoms. The van der Waals surface area contributed by atoms with Crippen LogP contribution in [0.4, 0.5) is 37.8 Å². The maximum atomic E-state index is 15.9. The van der Waals surface area contributed by atoms with Gasteiger partial charge in [-0.2, -0.15) is 17.6 Å². The Bertz CT molecular complexity index is 1660. The van der Waals surface area contributed by atoms with Gasteiger partial charge in [0.15, 0.2) is 10.7 Å². The highest BCUT2D eigenvalue weighted by Crippen LogP contribution is 2.48. The number of hydrogen-bond donors (Lipinski definition) is 0. The van der Waals surface area contributed by atoms with Crippen LogP contribution in [0.15, 0.2) is 47.4 Å². The summed E-state index contributed by atoms with van der Waals surface area (Å²) < 4.78 is 128. The maximum Gasteiger partial charge on any atom is 0.397 e. The van der Waals surface area contributed by atoms with Gasteiger partial charge in [0.05, 0.1) is 31.9 Å². The largest absolute Gasteiger partial charge is 0.497 e. The van der Waals surface area contributed by atoms with E-state index < -0.39 is 73.7 Å². The van der Waals surface area contributed by atoms with Crippen molar-refractivity contribution in [2.45, 2.75) is 31.0 Å². The number of alkyl halides is 3. The van der Waals surface area contributed by atoms with Crippen LogP contribution in [0.25, 0.3) is 0 Å². The Morgan fingerprint density at radius 3 is 2.40 bits per heavy atom. The van der Waals surface area contributed by atoms with Crippen LogP contribution in [0.2, 0.25) is 5.02 Å². The lowest BCUT2D eigenvalue weighted by Gasteiger charge is -2.35. The van der Waals surface area contributed by atoms with Gasteiger partial charge in [-0.1, -0.05) is 24.6 Å². The van der Waals surface area contributed by atoms with E-state index in [2.05, 4.69) is 4.98 Å². The molecule has 246 valence electrons.